The monoisotopic (exact) mass is 280 g/mol. The van der Waals surface area contributed by atoms with Crippen molar-refractivity contribution < 1.29 is 9.84 Å². The number of phenolic OH excluding ortho intramolecular Hbond substituents is 1. The molecule has 0 amide bonds. The first-order valence-electron chi connectivity index (χ1n) is 6.98. The van der Waals surface area contributed by atoms with Gasteiger partial charge in [0.15, 0.2) is 0 Å². The van der Waals surface area contributed by atoms with Crippen molar-refractivity contribution in [1.29, 1.82) is 0 Å². The minimum absolute atomic E-state index is 0.246. The zero-order valence-corrected chi connectivity index (χ0v) is 12.1. The second kappa shape index (κ2) is 7.34. The number of ether oxygens (including phenoxy) is 1. The molecule has 0 bridgehead atoms. The fourth-order valence-electron chi connectivity index (χ4n) is 2.27. The van der Waals surface area contributed by atoms with Gasteiger partial charge in [0.25, 0.3) is 0 Å². The molecule has 0 aliphatic rings. The van der Waals surface area contributed by atoms with E-state index in [1.54, 1.807) is 12.1 Å². The lowest BCUT2D eigenvalue weighted by molar-refractivity contribution is 0.300. The third kappa shape index (κ3) is 3.99. The van der Waals surface area contributed by atoms with Gasteiger partial charge < -0.3 is 9.84 Å². The standard InChI is InChI=1S/C19H20O2/c1-3-8-16-12-18(20)13-17(9-4-2)19(16)21-14-15-10-6-5-7-11-15/h3-7,10-13,20H,1-2,8-9,14H2. The molecule has 0 fully saturated rings. The number of allylic oxidation sites excluding steroid dienone is 2. The minimum Gasteiger partial charge on any atom is -0.508 e. The molecule has 0 radical (unpaired) electrons. The number of hydrogen-bond acceptors (Lipinski definition) is 2. The van der Waals surface area contributed by atoms with Crippen molar-refractivity contribution in [1.82, 2.24) is 0 Å². The van der Waals surface area contributed by atoms with Crippen LogP contribution >= 0.6 is 0 Å². The summed E-state index contributed by atoms with van der Waals surface area (Å²) >= 11 is 0. The van der Waals surface area contributed by atoms with Crippen LogP contribution in [0.2, 0.25) is 0 Å². The summed E-state index contributed by atoms with van der Waals surface area (Å²) in [6, 6.07) is 13.5. The Morgan fingerprint density at radius 1 is 0.952 bits per heavy atom. The zero-order chi connectivity index (χ0) is 15.1. The largest absolute Gasteiger partial charge is 0.508 e. The van der Waals surface area contributed by atoms with Crippen molar-refractivity contribution in [2.45, 2.75) is 19.4 Å². The van der Waals surface area contributed by atoms with Crippen LogP contribution in [0.5, 0.6) is 11.5 Å². The molecule has 0 aliphatic heterocycles. The quantitative estimate of drug-likeness (QED) is 0.760. The Labute approximate surface area is 126 Å². The van der Waals surface area contributed by atoms with Crippen LogP contribution in [0.3, 0.4) is 0 Å². The zero-order valence-electron chi connectivity index (χ0n) is 12.1. The third-order valence-electron chi connectivity index (χ3n) is 3.18. The van der Waals surface area contributed by atoms with Crippen molar-refractivity contribution in [3.63, 3.8) is 0 Å². The Balaban J connectivity index is 2.29. The van der Waals surface area contributed by atoms with Crippen molar-refractivity contribution in [2.75, 3.05) is 0 Å². The van der Waals surface area contributed by atoms with Crippen LogP contribution in [-0.2, 0) is 19.4 Å². The maximum absolute atomic E-state index is 9.83. The molecular formula is C19H20O2. The predicted octanol–water partition coefficient (Wildman–Crippen LogP) is 4.43. The van der Waals surface area contributed by atoms with E-state index in [1.807, 2.05) is 42.5 Å². The highest BCUT2D eigenvalue weighted by Crippen LogP contribution is 2.31. The number of hydrogen-bond donors (Lipinski definition) is 1. The van der Waals surface area contributed by atoms with E-state index in [-0.39, 0.29) is 5.75 Å². The number of rotatable bonds is 7. The molecule has 2 heteroatoms. The molecule has 0 saturated heterocycles. The molecule has 0 atom stereocenters. The topological polar surface area (TPSA) is 29.5 Å². The van der Waals surface area contributed by atoms with Crippen LogP contribution in [0.1, 0.15) is 16.7 Å². The Kier molecular flexibility index (Phi) is 5.22. The summed E-state index contributed by atoms with van der Waals surface area (Å²) in [7, 11) is 0. The second-order valence-electron chi connectivity index (χ2n) is 4.85. The predicted molar refractivity (Wildman–Crippen MR) is 86.7 cm³/mol. The van der Waals surface area contributed by atoms with Gasteiger partial charge in [0, 0.05) is 11.1 Å². The summed E-state index contributed by atoms with van der Waals surface area (Å²) in [5.41, 5.74) is 3.00. The van der Waals surface area contributed by atoms with E-state index >= 15 is 0 Å². The molecule has 2 aromatic carbocycles. The van der Waals surface area contributed by atoms with Gasteiger partial charge in [-0.3, -0.25) is 0 Å². The molecule has 0 heterocycles. The van der Waals surface area contributed by atoms with E-state index in [2.05, 4.69) is 13.2 Å². The Hall–Kier alpha value is -2.48. The van der Waals surface area contributed by atoms with Gasteiger partial charge in [0.1, 0.15) is 18.1 Å². The van der Waals surface area contributed by atoms with Crippen LogP contribution in [-0.4, -0.2) is 5.11 Å². The average Bonchev–Trinajstić information content (AvgIpc) is 2.48. The van der Waals surface area contributed by atoms with Gasteiger partial charge >= 0.3 is 0 Å². The molecule has 0 aliphatic carbocycles. The normalized spacial score (nSPS) is 10.1. The fraction of sp³-hybridized carbons (Fsp3) is 0.158. The summed E-state index contributed by atoms with van der Waals surface area (Å²) in [5.74, 6) is 1.06. The molecule has 0 aromatic heterocycles. The van der Waals surface area contributed by atoms with E-state index in [9.17, 15) is 5.11 Å². The van der Waals surface area contributed by atoms with Gasteiger partial charge in [0.2, 0.25) is 0 Å². The highest BCUT2D eigenvalue weighted by molar-refractivity contribution is 5.48. The molecule has 0 saturated carbocycles. The summed E-state index contributed by atoms with van der Waals surface area (Å²) in [5, 5.41) is 9.83. The van der Waals surface area contributed by atoms with Crippen molar-refractivity contribution in [3.05, 3.63) is 84.5 Å². The maximum Gasteiger partial charge on any atom is 0.127 e. The van der Waals surface area contributed by atoms with Crippen LogP contribution in [0.4, 0.5) is 0 Å². The van der Waals surface area contributed by atoms with Crippen molar-refractivity contribution in [2.24, 2.45) is 0 Å². The molecule has 2 aromatic rings. The van der Waals surface area contributed by atoms with Crippen LogP contribution < -0.4 is 4.74 Å². The molecule has 108 valence electrons. The Bertz CT molecular complexity index is 584. The summed E-state index contributed by atoms with van der Waals surface area (Å²) in [6.07, 6.45) is 4.93. The van der Waals surface area contributed by atoms with Gasteiger partial charge in [-0.05, 0) is 30.5 Å². The summed E-state index contributed by atoms with van der Waals surface area (Å²) in [4.78, 5) is 0. The first kappa shape index (κ1) is 14.9. The Morgan fingerprint density at radius 2 is 1.52 bits per heavy atom. The van der Waals surface area contributed by atoms with Gasteiger partial charge in [0.05, 0.1) is 0 Å². The lowest BCUT2D eigenvalue weighted by Gasteiger charge is -2.15. The first-order valence-corrected chi connectivity index (χ1v) is 6.98. The fourth-order valence-corrected chi connectivity index (χ4v) is 2.27. The summed E-state index contributed by atoms with van der Waals surface area (Å²) < 4.78 is 6.01. The second-order valence-corrected chi connectivity index (χ2v) is 4.85. The SMILES string of the molecule is C=CCc1cc(O)cc(CC=C)c1OCc1ccccc1. The van der Waals surface area contributed by atoms with E-state index in [1.165, 1.54) is 0 Å². The van der Waals surface area contributed by atoms with Crippen LogP contribution in [0.15, 0.2) is 67.8 Å². The van der Waals surface area contributed by atoms with Crippen LogP contribution in [0.25, 0.3) is 0 Å². The number of benzene rings is 2. The van der Waals surface area contributed by atoms with E-state index in [4.69, 9.17) is 4.74 Å². The highest BCUT2D eigenvalue weighted by Gasteiger charge is 2.11. The van der Waals surface area contributed by atoms with Gasteiger partial charge in [-0.2, -0.15) is 0 Å². The average molecular weight is 280 g/mol. The summed E-state index contributed by atoms with van der Waals surface area (Å²) in [6.45, 7) is 8.03. The molecule has 0 spiro atoms. The molecule has 2 nitrogen and oxygen atoms in total. The lowest BCUT2D eigenvalue weighted by atomic mass is 10.0. The van der Waals surface area contributed by atoms with E-state index in [0.717, 1.165) is 22.4 Å². The van der Waals surface area contributed by atoms with Gasteiger partial charge in [-0.25, -0.2) is 0 Å². The van der Waals surface area contributed by atoms with Gasteiger partial charge in [-0.1, -0.05) is 42.5 Å². The minimum atomic E-state index is 0.246. The van der Waals surface area contributed by atoms with E-state index in [0.29, 0.717) is 19.4 Å². The van der Waals surface area contributed by atoms with Crippen molar-refractivity contribution in [3.8, 4) is 11.5 Å². The van der Waals surface area contributed by atoms with E-state index < -0.39 is 0 Å². The molecule has 2 rings (SSSR count). The lowest BCUT2D eigenvalue weighted by Crippen LogP contribution is -2.02. The molecule has 1 N–H and O–H groups in total. The maximum atomic E-state index is 9.83. The van der Waals surface area contributed by atoms with Gasteiger partial charge in [-0.15, -0.1) is 13.2 Å². The van der Waals surface area contributed by atoms with Crippen LogP contribution in [0, 0.1) is 0 Å². The first-order chi connectivity index (χ1) is 10.2. The molecule has 0 unspecified atom stereocenters. The number of aromatic hydroxyl groups is 1. The highest BCUT2D eigenvalue weighted by atomic mass is 16.5. The number of phenols is 1. The molecule has 21 heavy (non-hydrogen) atoms. The Morgan fingerprint density at radius 3 is 2.05 bits per heavy atom. The van der Waals surface area contributed by atoms with Crippen molar-refractivity contribution >= 4 is 0 Å². The molecular weight excluding hydrogens is 260 g/mol. The smallest absolute Gasteiger partial charge is 0.127 e. The third-order valence-corrected chi connectivity index (χ3v) is 3.18.